The predicted octanol–water partition coefficient (Wildman–Crippen LogP) is 1.04. The molecule has 0 aliphatic rings. The van der Waals surface area contributed by atoms with Crippen LogP contribution in [0.5, 0.6) is 5.75 Å². The van der Waals surface area contributed by atoms with Crippen LogP contribution in [0.25, 0.3) is 0 Å². The minimum Gasteiger partial charge on any atom is -0.493 e. The van der Waals surface area contributed by atoms with Crippen LogP contribution in [0.2, 0.25) is 0 Å². The van der Waals surface area contributed by atoms with Crippen LogP contribution in [0.1, 0.15) is 13.3 Å². The van der Waals surface area contributed by atoms with Gasteiger partial charge in [0, 0.05) is 0 Å². The van der Waals surface area contributed by atoms with Crippen molar-refractivity contribution < 1.29 is 19.4 Å². The van der Waals surface area contributed by atoms with Crippen LogP contribution < -0.4 is 10.1 Å². The molecule has 1 amide bonds. The molecule has 0 aliphatic carbocycles. The molecule has 0 radical (unpaired) electrons. The molecule has 5 heteroatoms. The zero-order valence-electron chi connectivity index (χ0n) is 9.55. The molecule has 17 heavy (non-hydrogen) atoms. The van der Waals surface area contributed by atoms with Crippen LogP contribution in [0.15, 0.2) is 30.3 Å². The van der Waals surface area contributed by atoms with Gasteiger partial charge in [0.1, 0.15) is 11.8 Å². The molecule has 1 aromatic rings. The highest BCUT2D eigenvalue weighted by Gasteiger charge is 2.13. The Kier molecular flexibility index (Phi) is 5.00. The summed E-state index contributed by atoms with van der Waals surface area (Å²) in [5.74, 6) is -0.704. The summed E-state index contributed by atoms with van der Waals surface area (Å²) < 4.78 is 5.31. The number of amides is 1. The van der Waals surface area contributed by atoms with Crippen molar-refractivity contribution in [2.24, 2.45) is 0 Å². The van der Waals surface area contributed by atoms with Gasteiger partial charge in [-0.2, -0.15) is 0 Å². The van der Waals surface area contributed by atoms with Gasteiger partial charge in [-0.15, -0.1) is 0 Å². The first-order chi connectivity index (χ1) is 8.09. The lowest BCUT2D eigenvalue weighted by Gasteiger charge is -2.09. The molecule has 1 unspecified atom stereocenters. The smallest absolute Gasteiger partial charge is 0.325 e. The van der Waals surface area contributed by atoms with E-state index in [-0.39, 0.29) is 18.9 Å². The maximum absolute atomic E-state index is 11.3. The molecule has 0 fully saturated rings. The number of nitrogens with one attached hydrogen (secondary N) is 1. The van der Waals surface area contributed by atoms with Gasteiger partial charge in [-0.25, -0.2) is 0 Å². The molecule has 1 atom stereocenters. The van der Waals surface area contributed by atoms with Crippen LogP contribution in [-0.4, -0.2) is 29.6 Å². The van der Waals surface area contributed by atoms with Crippen LogP contribution in [-0.2, 0) is 9.59 Å². The Hall–Kier alpha value is -2.04. The van der Waals surface area contributed by atoms with E-state index in [9.17, 15) is 9.59 Å². The first-order valence-corrected chi connectivity index (χ1v) is 5.29. The minimum absolute atomic E-state index is 0.131. The third-order valence-electron chi connectivity index (χ3n) is 2.09. The summed E-state index contributed by atoms with van der Waals surface area (Å²) in [5, 5.41) is 10.9. The number of carboxylic acid groups (broad SMARTS) is 1. The van der Waals surface area contributed by atoms with E-state index >= 15 is 0 Å². The Morgan fingerprint density at radius 2 is 2.00 bits per heavy atom. The van der Waals surface area contributed by atoms with E-state index in [0.717, 1.165) is 0 Å². The van der Waals surface area contributed by atoms with Gasteiger partial charge in [-0.05, 0) is 19.1 Å². The van der Waals surface area contributed by atoms with Crippen molar-refractivity contribution in [1.82, 2.24) is 5.32 Å². The Labute approximate surface area is 99.4 Å². The molecule has 2 N–H and O–H groups in total. The third-order valence-corrected chi connectivity index (χ3v) is 2.09. The largest absolute Gasteiger partial charge is 0.493 e. The molecule has 1 rings (SSSR count). The molecular formula is C12H15NO4. The van der Waals surface area contributed by atoms with Crippen molar-refractivity contribution in [2.75, 3.05) is 6.61 Å². The van der Waals surface area contributed by atoms with Crippen molar-refractivity contribution in [3.63, 3.8) is 0 Å². The Morgan fingerprint density at radius 1 is 1.35 bits per heavy atom. The van der Waals surface area contributed by atoms with Crippen LogP contribution in [0, 0.1) is 0 Å². The van der Waals surface area contributed by atoms with Gasteiger partial charge in [-0.1, -0.05) is 18.2 Å². The zero-order chi connectivity index (χ0) is 12.7. The topological polar surface area (TPSA) is 75.6 Å². The molecular weight excluding hydrogens is 222 g/mol. The number of para-hydroxylation sites is 1. The van der Waals surface area contributed by atoms with Crippen molar-refractivity contribution in [2.45, 2.75) is 19.4 Å². The lowest BCUT2D eigenvalue weighted by molar-refractivity contribution is -0.141. The first-order valence-electron chi connectivity index (χ1n) is 5.29. The maximum atomic E-state index is 11.3. The number of rotatable bonds is 6. The van der Waals surface area contributed by atoms with Crippen molar-refractivity contribution in [3.8, 4) is 5.75 Å². The standard InChI is InChI=1S/C12H15NO4/c1-9(12(15)16)13-11(14)7-8-17-10-5-3-2-4-6-10/h2-6,9H,7-8H2,1H3,(H,13,14)(H,15,16). The molecule has 0 saturated heterocycles. The number of aliphatic carboxylic acids is 1. The maximum Gasteiger partial charge on any atom is 0.325 e. The molecule has 1 aromatic carbocycles. The first kappa shape index (κ1) is 13.0. The Morgan fingerprint density at radius 3 is 2.59 bits per heavy atom. The van der Waals surface area contributed by atoms with Gasteiger partial charge < -0.3 is 15.2 Å². The Bertz CT molecular complexity index is 377. The molecule has 0 spiro atoms. The number of ether oxygens (including phenoxy) is 1. The van der Waals surface area contributed by atoms with E-state index in [1.165, 1.54) is 6.92 Å². The van der Waals surface area contributed by atoms with E-state index in [1.807, 2.05) is 18.2 Å². The van der Waals surface area contributed by atoms with E-state index < -0.39 is 12.0 Å². The van der Waals surface area contributed by atoms with Gasteiger partial charge in [0.05, 0.1) is 13.0 Å². The predicted molar refractivity (Wildman–Crippen MR) is 61.8 cm³/mol. The fourth-order valence-electron chi connectivity index (χ4n) is 1.15. The fraction of sp³-hybridized carbons (Fsp3) is 0.333. The fourth-order valence-corrected chi connectivity index (χ4v) is 1.15. The molecule has 0 saturated carbocycles. The average molecular weight is 237 g/mol. The minimum atomic E-state index is -1.05. The number of carboxylic acids is 1. The van der Waals surface area contributed by atoms with E-state index in [1.54, 1.807) is 12.1 Å². The summed E-state index contributed by atoms with van der Waals surface area (Å²) in [6.45, 7) is 1.64. The second kappa shape index (κ2) is 6.52. The van der Waals surface area contributed by atoms with E-state index in [2.05, 4.69) is 5.32 Å². The van der Waals surface area contributed by atoms with Gasteiger partial charge in [0.2, 0.25) is 5.91 Å². The number of hydrogen-bond acceptors (Lipinski definition) is 3. The van der Waals surface area contributed by atoms with Crippen molar-refractivity contribution >= 4 is 11.9 Å². The van der Waals surface area contributed by atoms with E-state index in [0.29, 0.717) is 5.75 Å². The number of benzene rings is 1. The highest BCUT2D eigenvalue weighted by molar-refractivity contribution is 5.83. The molecule has 92 valence electrons. The summed E-state index contributed by atoms with van der Waals surface area (Å²) in [4.78, 5) is 21.8. The lowest BCUT2D eigenvalue weighted by atomic mass is 10.3. The molecule has 5 nitrogen and oxygen atoms in total. The summed E-state index contributed by atoms with van der Waals surface area (Å²) in [6, 6.07) is 8.24. The molecule has 0 bridgehead atoms. The average Bonchev–Trinajstić information content (AvgIpc) is 2.30. The highest BCUT2D eigenvalue weighted by Crippen LogP contribution is 2.08. The van der Waals surface area contributed by atoms with Gasteiger partial charge in [-0.3, -0.25) is 9.59 Å². The number of hydrogen-bond donors (Lipinski definition) is 2. The third kappa shape index (κ3) is 5.01. The number of carbonyl (C=O) groups is 2. The van der Waals surface area contributed by atoms with E-state index in [4.69, 9.17) is 9.84 Å². The van der Waals surface area contributed by atoms with Gasteiger partial charge >= 0.3 is 5.97 Å². The van der Waals surface area contributed by atoms with Crippen LogP contribution >= 0.6 is 0 Å². The second-order valence-electron chi connectivity index (χ2n) is 3.54. The summed E-state index contributed by atoms with van der Waals surface area (Å²) in [5.41, 5.74) is 0. The highest BCUT2D eigenvalue weighted by atomic mass is 16.5. The van der Waals surface area contributed by atoms with Crippen LogP contribution in [0.4, 0.5) is 0 Å². The summed E-state index contributed by atoms with van der Waals surface area (Å²) >= 11 is 0. The Balaban J connectivity index is 2.23. The zero-order valence-corrected chi connectivity index (χ0v) is 9.55. The molecule has 0 aromatic heterocycles. The summed E-state index contributed by atoms with van der Waals surface area (Å²) in [7, 11) is 0. The normalized spacial score (nSPS) is 11.6. The number of carbonyl (C=O) groups excluding carboxylic acids is 1. The second-order valence-corrected chi connectivity index (χ2v) is 3.54. The monoisotopic (exact) mass is 237 g/mol. The molecule has 0 aliphatic heterocycles. The van der Waals surface area contributed by atoms with Gasteiger partial charge in [0.15, 0.2) is 0 Å². The summed E-state index contributed by atoms with van der Waals surface area (Å²) in [6.07, 6.45) is 0.131. The SMILES string of the molecule is CC(NC(=O)CCOc1ccccc1)C(=O)O. The quantitative estimate of drug-likeness (QED) is 0.775. The molecule has 0 heterocycles. The van der Waals surface area contributed by atoms with Crippen molar-refractivity contribution in [3.05, 3.63) is 30.3 Å². The van der Waals surface area contributed by atoms with Gasteiger partial charge in [0.25, 0.3) is 0 Å². The van der Waals surface area contributed by atoms with Crippen LogP contribution in [0.3, 0.4) is 0 Å². The lowest BCUT2D eigenvalue weighted by Crippen LogP contribution is -2.38. The van der Waals surface area contributed by atoms with Crippen molar-refractivity contribution in [1.29, 1.82) is 0 Å².